The summed E-state index contributed by atoms with van der Waals surface area (Å²) in [6.07, 6.45) is 1.56. The van der Waals surface area contributed by atoms with E-state index in [-0.39, 0.29) is 17.2 Å². The molecule has 0 bridgehead atoms. The second-order valence-electron chi connectivity index (χ2n) is 9.55. The molecule has 1 heterocycles. The van der Waals surface area contributed by atoms with Gasteiger partial charge >= 0.3 is 0 Å². The van der Waals surface area contributed by atoms with Gasteiger partial charge in [0, 0.05) is 17.1 Å². The highest BCUT2D eigenvalue weighted by atomic mass is 35.5. The first kappa shape index (κ1) is 29.2. The minimum absolute atomic E-state index is 0.0921. The number of benzene rings is 4. The van der Waals surface area contributed by atoms with E-state index in [0.29, 0.717) is 47.6 Å². The number of ether oxygens (including phenoxy) is 2. The standard InChI is InChI=1S/C33H30ClN3O4S/c1-2-40-30-18-25(10-17-29(30)41-21-24-8-15-28(34)16-9-24)19-35-36-32(39)26-11-13-27(14-12-26)33-37(31(38)22-42-33)20-23-6-4-3-5-7-23/h3-19,33H,2,20-22H2,1H3,(H,36,39)/b35-19-/t33-/m0/s1. The van der Waals surface area contributed by atoms with E-state index in [1.165, 1.54) is 0 Å². The number of carbonyl (C=O) groups is 2. The Hall–Kier alpha value is -4.27. The second-order valence-corrected chi connectivity index (χ2v) is 11.1. The van der Waals surface area contributed by atoms with Gasteiger partial charge in [-0.1, -0.05) is 66.2 Å². The van der Waals surface area contributed by atoms with Crippen LogP contribution in [0, 0.1) is 0 Å². The Labute approximate surface area is 254 Å². The van der Waals surface area contributed by atoms with Gasteiger partial charge in [0.1, 0.15) is 12.0 Å². The lowest BCUT2D eigenvalue weighted by Gasteiger charge is -2.24. The Balaban J connectivity index is 1.18. The van der Waals surface area contributed by atoms with Gasteiger partial charge in [-0.2, -0.15) is 5.10 Å². The van der Waals surface area contributed by atoms with E-state index in [4.69, 9.17) is 21.1 Å². The van der Waals surface area contributed by atoms with Gasteiger partial charge in [0.2, 0.25) is 5.91 Å². The van der Waals surface area contributed by atoms with Crippen molar-refractivity contribution in [2.75, 3.05) is 12.4 Å². The van der Waals surface area contributed by atoms with E-state index in [1.807, 2.05) is 96.8 Å². The number of carbonyl (C=O) groups excluding carboxylic acids is 2. The zero-order valence-electron chi connectivity index (χ0n) is 23.0. The maximum absolute atomic E-state index is 12.7. The van der Waals surface area contributed by atoms with Crippen LogP contribution in [-0.2, 0) is 17.9 Å². The molecule has 1 atom stereocenters. The maximum Gasteiger partial charge on any atom is 0.271 e. The Morgan fingerprint density at radius 2 is 1.74 bits per heavy atom. The molecule has 1 fully saturated rings. The van der Waals surface area contributed by atoms with E-state index < -0.39 is 0 Å². The van der Waals surface area contributed by atoms with Crippen molar-refractivity contribution in [1.29, 1.82) is 0 Å². The van der Waals surface area contributed by atoms with Crippen molar-refractivity contribution in [1.82, 2.24) is 10.3 Å². The minimum atomic E-state index is -0.331. The molecular weight excluding hydrogens is 570 g/mol. The maximum atomic E-state index is 12.7. The van der Waals surface area contributed by atoms with Crippen LogP contribution in [0.3, 0.4) is 0 Å². The van der Waals surface area contributed by atoms with Gasteiger partial charge in [0.25, 0.3) is 5.91 Å². The molecule has 42 heavy (non-hydrogen) atoms. The summed E-state index contributed by atoms with van der Waals surface area (Å²) in [5.41, 5.74) is 6.85. The van der Waals surface area contributed by atoms with Crippen LogP contribution >= 0.6 is 23.4 Å². The van der Waals surface area contributed by atoms with Crippen LogP contribution in [0.2, 0.25) is 5.02 Å². The molecule has 7 nitrogen and oxygen atoms in total. The predicted octanol–water partition coefficient (Wildman–Crippen LogP) is 6.86. The number of hydrogen-bond acceptors (Lipinski definition) is 6. The van der Waals surface area contributed by atoms with Gasteiger partial charge in [0.05, 0.1) is 18.6 Å². The molecule has 1 aliphatic rings. The molecule has 1 aliphatic heterocycles. The first-order chi connectivity index (χ1) is 20.5. The lowest BCUT2D eigenvalue weighted by molar-refractivity contribution is -0.128. The van der Waals surface area contributed by atoms with Gasteiger partial charge < -0.3 is 14.4 Å². The van der Waals surface area contributed by atoms with E-state index >= 15 is 0 Å². The van der Waals surface area contributed by atoms with Crippen molar-refractivity contribution in [2.45, 2.75) is 25.4 Å². The summed E-state index contributed by atoms with van der Waals surface area (Å²) in [4.78, 5) is 27.2. The van der Waals surface area contributed by atoms with Gasteiger partial charge in [0.15, 0.2) is 11.5 Å². The molecule has 1 N–H and O–H groups in total. The van der Waals surface area contributed by atoms with Gasteiger partial charge in [-0.05, 0) is 71.6 Å². The average Bonchev–Trinajstić information content (AvgIpc) is 3.37. The molecule has 0 radical (unpaired) electrons. The summed E-state index contributed by atoms with van der Waals surface area (Å²) in [7, 11) is 0. The van der Waals surface area contributed by atoms with E-state index in [0.717, 1.165) is 22.3 Å². The van der Waals surface area contributed by atoms with Crippen LogP contribution in [0.4, 0.5) is 0 Å². The number of hydrazone groups is 1. The molecule has 4 aromatic carbocycles. The number of rotatable bonds is 11. The monoisotopic (exact) mass is 599 g/mol. The normalized spacial score (nSPS) is 14.8. The lowest BCUT2D eigenvalue weighted by atomic mass is 10.1. The molecule has 4 aromatic rings. The SMILES string of the molecule is CCOc1cc(/C=N\NC(=O)c2ccc([C@@H]3SCC(=O)N3Cc3ccccc3)cc2)ccc1OCc1ccc(Cl)cc1. The summed E-state index contributed by atoms with van der Waals surface area (Å²) in [6, 6.07) is 30.2. The zero-order valence-corrected chi connectivity index (χ0v) is 24.6. The van der Waals surface area contributed by atoms with Gasteiger partial charge in [-0.25, -0.2) is 5.43 Å². The topological polar surface area (TPSA) is 80.2 Å². The third kappa shape index (κ3) is 7.51. The van der Waals surface area contributed by atoms with Crippen molar-refractivity contribution in [3.8, 4) is 11.5 Å². The Kier molecular flexibility index (Phi) is 9.79. The average molecular weight is 600 g/mol. The first-order valence-electron chi connectivity index (χ1n) is 13.5. The van der Waals surface area contributed by atoms with Crippen molar-refractivity contribution in [3.63, 3.8) is 0 Å². The highest BCUT2D eigenvalue weighted by Crippen LogP contribution is 2.39. The smallest absolute Gasteiger partial charge is 0.271 e. The minimum Gasteiger partial charge on any atom is -0.490 e. The number of amides is 2. The van der Waals surface area contributed by atoms with Crippen LogP contribution < -0.4 is 14.9 Å². The van der Waals surface area contributed by atoms with Crippen LogP contribution in [-0.4, -0.2) is 35.3 Å². The molecular formula is C33H30ClN3O4S. The molecule has 1 saturated heterocycles. The molecule has 214 valence electrons. The summed E-state index contributed by atoms with van der Waals surface area (Å²) in [6.45, 7) is 3.30. The van der Waals surface area contributed by atoms with Crippen molar-refractivity contribution in [2.24, 2.45) is 5.10 Å². The Bertz CT molecular complexity index is 1550. The highest BCUT2D eigenvalue weighted by Gasteiger charge is 2.32. The molecule has 0 spiro atoms. The van der Waals surface area contributed by atoms with Gasteiger partial charge in [-0.15, -0.1) is 11.8 Å². The number of hydrogen-bond donors (Lipinski definition) is 1. The fourth-order valence-electron chi connectivity index (χ4n) is 4.44. The van der Waals surface area contributed by atoms with Crippen molar-refractivity contribution >= 4 is 41.4 Å². The van der Waals surface area contributed by atoms with Crippen molar-refractivity contribution < 1.29 is 19.1 Å². The van der Waals surface area contributed by atoms with E-state index in [1.54, 1.807) is 30.1 Å². The van der Waals surface area contributed by atoms with Crippen LogP contribution in [0.1, 0.15) is 44.9 Å². The third-order valence-corrected chi connectivity index (χ3v) is 8.08. The molecule has 2 amide bonds. The summed E-state index contributed by atoms with van der Waals surface area (Å²) >= 11 is 7.55. The van der Waals surface area contributed by atoms with Crippen LogP contribution in [0.25, 0.3) is 0 Å². The number of nitrogens with zero attached hydrogens (tertiary/aromatic N) is 2. The molecule has 9 heteroatoms. The van der Waals surface area contributed by atoms with Crippen molar-refractivity contribution in [3.05, 3.63) is 130 Å². The quantitative estimate of drug-likeness (QED) is 0.151. The van der Waals surface area contributed by atoms with E-state index in [9.17, 15) is 9.59 Å². The molecule has 0 saturated carbocycles. The predicted molar refractivity (Wildman–Crippen MR) is 167 cm³/mol. The van der Waals surface area contributed by atoms with Gasteiger partial charge in [-0.3, -0.25) is 9.59 Å². The number of nitrogens with one attached hydrogen (secondary N) is 1. The first-order valence-corrected chi connectivity index (χ1v) is 15.0. The third-order valence-electron chi connectivity index (χ3n) is 6.58. The summed E-state index contributed by atoms with van der Waals surface area (Å²) < 4.78 is 11.7. The molecule has 0 aromatic heterocycles. The zero-order chi connectivity index (χ0) is 29.3. The fourth-order valence-corrected chi connectivity index (χ4v) is 5.76. The molecule has 0 aliphatic carbocycles. The van der Waals surface area contributed by atoms with Crippen LogP contribution in [0.15, 0.2) is 102 Å². The molecule has 5 rings (SSSR count). The second kappa shape index (κ2) is 14.1. The Morgan fingerprint density at radius 3 is 2.48 bits per heavy atom. The highest BCUT2D eigenvalue weighted by molar-refractivity contribution is 8.00. The van der Waals surface area contributed by atoms with Crippen LogP contribution in [0.5, 0.6) is 11.5 Å². The molecule has 0 unspecified atom stereocenters. The Morgan fingerprint density at radius 1 is 0.976 bits per heavy atom. The summed E-state index contributed by atoms with van der Waals surface area (Å²) in [5, 5.41) is 4.71. The fraction of sp³-hybridized carbons (Fsp3) is 0.182. The van der Waals surface area contributed by atoms with E-state index in [2.05, 4.69) is 10.5 Å². The number of thioether (sulfide) groups is 1. The largest absolute Gasteiger partial charge is 0.490 e. The lowest BCUT2D eigenvalue weighted by Crippen LogP contribution is -2.27. The summed E-state index contributed by atoms with van der Waals surface area (Å²) in [5.74, 6) is 1.41. The number of halogens is 1.